The molecule has 0 aliphatic carbocycles. The van der Waals surface area contributed by atoms with Gasteiger partial charge in [-0.15, -0.1) is 0 Å². The first-order valence-electron chi connectivity index (χ1n) is 7.25. The number of thiocarbonyl (C=S) groups is 1. The van der Waals surface area contributed by atoms with E-state index in [-0.39, 0.29) is 5.69 Å². The molecule has 0 bridgehead atoms. The van der Waals surface area contributed by atoms with Crippen LogP contribution in [0.4, 0.5) is 11.4 Å². The monoisotopic (exact) mass is 314 g/mol. The Balaban J connectivity index is 2.05. The van der Waals surface area contributed by atoms with Crippen LogP contribution in [-0.2, 0) is 6.42 Å². The molecule has 0 aliphatic rings. The predicted octanol–water partition coefficient (Wildman–Crippen LogP) is 4.73. The molecule has 5 heteroatoms. The van der Waals surface area contributed by atoms with E-state index in [1.807, 2.05) is 12.1 Å². The number of nitro benzene ring substituents is 1. The maximum Gasteiger partial charge on any atom is 0.270 e. The van der Waals surface area contributed by atoms with Crippen molar-refractivity contribution >= 4 is 28.6 Å². The molecule has 114 valence electrons. The molecule has 0 radical (unpaired) electrons. The van der Waals surface area contributed by atoms with Crippen molar-refractivity contribution in [1.82, 2.24) is 0 Å². The summed E-state index contributed by atoms with van der Waals surface area (Å²) in [6.07, 6.45) is 3.43. The molecule has 0 amide bonds. The Bertz CT molecular complexity index is 669. The highest BCUT2D eigenvalue weighted by Gasteiger charge is 2.09. The van der Waals surface area contributed by atoms with Crippen molar-refractivity contribution in [3.63, 3.8) is 0 Å². The highest BCUT2D eigenvalue weighted by Crippen LogP contribution is 2.17. The van der Waals surface area contributed by atoms with Gasteiger partial charge in [0, 0.05) is 23.4 Å². The third kappa shape index (κ3) is 4.36. The summed E-state index contributed by atoms with van der Waals surface area (Å²) in [4.78, 5) is 10.9. The lowest BCUT2D eigenvalue weighted by molar-refractivity contribution is -0.384. The Kier molecular flexibility index (Phi) is 5.61. The van der Waals surface area contributed by atoms with Gasteiger partial charge in [-0.25, -0.2) is 0 Å². The zero-order chi connectivity index (χ0) is 15.9. The van der Waals surface area contributed by atoms with Gasteiger partial charge in [0.2, 0.25) is 0 Å². The average molecular weight is 314 g/mol. The summed E-state index contributed by atoms with van der Waals surface area (Å²) < 4.78 is 0. The van der Waals surface area contributed by atoms with E-state index in [9.17, 15) is 10.1 Å². The van der Waals surface area contributed by atoms with Gasteiger partial charge in [-0.3, -0.25) is 10.1 Å². The molecule has 0 fully saturated rings. The molecular weight excluding hydrogens is 296 g/mol. The zero-order valence-electron chi connectivity index (χ0n) is 12.4. The van der Waals surface area contributed by atoms with Gasteiger partial charge in [0.1, 0.15) is 4.99 Å². The number of nitrogens with zero attached hydrogens (tertiary/aromatic N) is 1. The van der Waals surface area contributed by atoms with Crippen LogP contribution >= 0.6 is 12.2 Å². The molecule has 4 nitrogen and oxygen atoms in total. The van der Waals surface area contributed by atoms with E-state index >= 15 is 0 Å². The van der Waals surface area contributed by atoms with Gasteiger partial charge in [-0.2, -0.15) is 0 Å². The quantitative estimate of drug-likeness (QED) is 0.476. The van der Waals surface area contributed by atoms with E-state index in [2.05, 4.69) is 24.4 Å². The first-order valence-corrected chi connectivity index (χ1v) is 7.65. The summed E-state index contributed by atoms with van der Waals surface area (Å²) in [7, 11) is 0. The first-order chi connectivity index (χ1) is 10.6. The van der Waals surface area contributed by atoms with Crippen molar-refractivity contribution in [2.45, 2.75) is 26.2 Å². The van der Waals surface area contributed by atoms with Crippen molar-refractivity contribution in [1.29, 1.82) is 0 Å². The van der Waals surface area contributed by atoms with Crippen molar-refractivity contribution in [2.75, 3.05) is 5.32 Å². The maximum absolute atomic E-state index is 10.8. The van der Waals surface area contributed by atoms with Crippen molar-refractivity contribution < 1.29 is 4.92 Å². The highest BCUT2D eigenvalue weighted by atomic mass is 32.1. The molecule has 0 saturated carbocycles. The molecule has 0 aliphatic heterocycles. The van der Waals surface area contributed by atoms with Crippen molar-refractivity contribution in [2.24, 2.45) is 0 Å². The van der Waals surface area contributed by atoms with Crippen LogP contribution in [0.2, 0.25) is 0 Å². The first kappa shape index (κ1) is 16.1. The van der Waals surface area contributed by atoms with E-state index < -0.39 is 4.92 Å². The number of benzene rings is 2. The van der Waals surface area contributed by atoms with Crippen LogP contribution < -0.4 is 5.32 Å². The van der Waals surface area contributed by atoms with Crippen molar-refractivity contribution in [3.05, 3.63) is 69.8 Å². The van der Waals surface area contributed by atoms with Crippen LogP contribution in [0.5, 0.6) is 0 Å². The summed E-state index contributed by atoms with van der Waals surface area (Å²) in [5.74, 6) is 0. The van der Waals surface area contributed by atoms with E-state index in [4.69, 9.17) is 12.2 Å². The van der Waals surface area contributed by atoms with Crippen LogP contribution in [0.15, 0.2) is 48.5 Å². The lowest BCUT2D eigenvalue weighted by Crippen LogP contribution is -2.10. The van der Waals surface area contributed by atoms with E-state index in [0.29, 0.717) is 10.6 Å². The molecule has 2 aromatic rings. The standard InChI is InChI=1S/C17H18N2O2S/c1-2-3-5-13-8-10-15(11-9-13)18-17(22)14-6-4-7-16(12-14)19(20)21/h4,6-12H,2-3,5H2,1H3,(H,18,22). The lowest BCUT2D eigenvalue weighted by Gasteiger charge is -2.09. The van der Waals surface area contributed by atoms with E-state index in [1.165, 1.54) is 30.5 Å². The number of unbranched alkanes of at least 4 members (excludes halogenated alkanes) is 1. The minimum atomic E-state index is -0.422. The number of nitrogens with one attached hydrogen (secondary N) is 1. The zero-order valence-corrected chi connectivity index (χ0v) is 13.2. The number of hydrogen-bond acceptors (Lipinski definition) is 3. The largest absolute Gasteiger partial charge is 0.346 e. The highest BCUT2D eigenvalue weighted by molar-refractivity contribution is 7.81. The minimum absolute atomic E-state index is 0.0385. The Morgan fingerprint density at radius 3 is 2.59 bits per heavy atom. The summed E-state index contributed by atoms with van der Waals surface area (Å²) in [6.45, 7) is 2.17. The fourth-order valence-corrected chi connectivity index (χ4v) is 2.34. The van der Waals surface area contributed by atoms with Crippen LogP contribution in [0, 0.1) is 10.1 Å². The average Bonchev–Trinajstić information content (AvgIpc) is 2.54. The third-order valence-corrected chi connectivity index (χ3v) is 3.69. The topological polar surface area (TPSA) is 55.2 Å². The second-order valence-corrected chi connectivity index (χ2v) is 5.47. The van der Waals surface area contributed by atoms with Gasteiger partial charge < -0.3 is 5.32 Å². The van der Waals surface area contributed by atoms with Gasteiger partial charge >= 0.3 is 0 Å². The summed E-state index contributed by atoms with van der Waals surface area (Å²) in [6, 6.07) is 14.4. The Labute approximate surface area is 135 Å². The molecule has 1 N–H and O–H groups in total. The fourth-order valence-electron chi connectivity index (χ4n) is 2.10. The summed E-state index contributed by atoms with van der Waals surface area (Å²) >= 11 is 5.32. The van der Waals surface area contributed by atoms with Crippen LogP contribution in [0.25, 0.3) is 0 Å². The molecule has 0 saturated heterocycles. The van der Waals surface area contributed by atoms with Crippen LogP contribution in [-0.4, -0.2) is 9.91 Å². The minimum Gasteiger partial charge on any atom is -0.346 e. The maximum atomic E-state index is 10.8. The molecule has 0 aromatic heterocycles. The smallest absolute Gasteiger partial charge is 0.270 e. The molecule has 22 heavy (non-hydrogen) atoms. The predicted molar refractivity (Wildman–Crippen MR) is 93.5 cm³/mol. The number of nitro groups is 1. The lowest BCUT2D eigenvalue weighted by atomic mass is 10.1. The molecular formula is C17H18N2O2S. The molecule has 2 rings (SSSR count). The molecule has 0 atom stereocenters. The van der Waals surface area contributed by atoms with Gasteiger partial charge in [-0.05, 0) is 30.5 Å². The van der Waals surface area contributed by atoms with E-state index in [1.54, 1.807) is 12.1 Å². The fraction of sp³-hybridized carbons (Fsp3) is 0.235. The van der Waals surface area contributed by atoms with Crippen molar-refractivity contribution in [3.8, 4) is 0 Å². The van der Waals surface area contributed by atoms with Gasteiger partial charge in [-0.1, -0.05) is 49.8 Å². The van der Waals surface area contributed by atoms with E-state index in [0.717, 1.165) is 12.1 Å². The number of non-ortho nitro benzene ring substituents is 1. The third-order valence-electron chi connectivity index (χ3n) is 3.35. The molecule has 0 spiro atoms. The second-order valence-electron chi connectivity index (χ2n) is 5.06. The van der Waals surface area contributed by atoms with Gasteiger partial charge in [0.05, 0.1) is 4.92 Å². The molecule has 0 heterocycles. The Morgan fingerprint density at radius 1 is 1.23 bits per heavy atom. The Hall–Kier alpha value is -2.27. The van der Waals surface area contributed by atoms with Crippen LogP contribution in [0.1, 0.15) is 30.9 Å². The normalized spacial score (nSPS) is 10.2. The molecule has 0 unspecified atom stereocenters. The number of rotatable bonds is 6. The van der Waals surface area contributed by atoms with Gasteiger partial charge in [0.15, 0.2) is 0 Å². The number of hydrogen-bond donors (Lipinski definition) is 1. The summed E-state index contributed by atoms with van der Waals surface area (Å²) in [5.41, 5.74) is 2.86. The second kappa shape index (κ2) is 7.66. The van der Waals surface area contributed by atoms with Crippen LogP contribution in [0.3, 0.4) is 0 Å². The Morgan fingerprint density at radius 2 is 1.95 bits per heavy atom. The SMILES string of the molecule is CCCCc1ccc(NC(=S)c2cccc([N+](=O)[O-])c2)cc1. The number of aryl methyl sites for hydroxylation is 1. The molecule has 2 aromatic carbocycles. The van der Waals surface area contributed by atoms with Gasteiger partial charge in [0.25, 0.3) is 5.69 Å². The summed E-state index contributed by atoms with van der Waals surface area (Å²) in [5, 5.41) is 13.9. The number of anilines is 1.